The molecular formula is C19H38N3+. The molecule has 3 nitrogen and oxygen atoms in total. The van der Waals surface area contributed by atoms with Crippen LogP contribution in [0, 0.1) is 0 Å². The van der Waals surface area contributed by atoms with E-state index in [4.69, 9.17) is 0 Å². The van der Waals surface area contributed by atoms with Gasteiger partial charge < -0.3 is 0 Å². The standard InChI is InChI=1S/C19H38N3/c1-5-20(6-2)19(21(7-3)8-4)22(17-13-9-10-14-17)18-15-11-12-16-18/h17-18H,5-16H2,1-4H3/q+1. The van der Waals surface area contributed by atoms with E-state index in [0.29, 0.717) is 0 Å². The predicted octanol–water partition coefficient (Wildman–Crippen LogP) is 3.92. The summed E-state index contributed by atoms with van der Waals surface area (Å²) >= 11 is 0. The van der Waals surface area contributed by atoms with Crippen LogP contribution in [0.2, 0.25) is 0 Å². The van der Waals surface area contributed by atoms with Gasteiger partial charge in [-0.15, -0.1) is 0 Å². The quantitative estimate of drug-likeness (QED) is 0.418. The fourth-order valence-electron chi connectivity index (χ4n) is 4.53. The molecule has 0 N–H and O–H groups in total. The van der Waals surface area contributed by atoms with Crippen LogP contribution in [0.25, 0.3) is 0 Å². The largest absolute Gasteiger partial charge is 0.350 e. The van der Waals surface area contributed by atoms with Crippen molar-refractivity contribution < 1.29 is 4.58 Å². The Hall–Kier alpha value is -0.730. The number of nitrogens with zero attached hydrogens (tertiary/aromatic N) is 3. The first-order valence-electron chi connectivity index (χ1n) is 9.91. The first-order valence-corrected chi connectivity index (χ1v) is 9.91. The van der Waals surface area contributed by atoms with E-state index in [1.165, 1.54) is 51.4 Å². The van der Waals surface area contributed by atoms with E-state index in [0.717, 1.165) is 38.3 Å². The van der Waals surface area contributed by atoms with Crippen LogP contribution in [0.15, 0.2) is 0 Å². The molecule has 0 aromatic rings. The Bertz CT molecular complexity index is 326. The summed E-state index contributed by atoms with van der Waals surface area (Å²) in [5.74, 6) is 1.55. The molecule has 0 amide bonds. The van der Waals surface area contributed by atoms with Gasteiger partial charge in [0, 0.05) is 0 Å². The van der Waals surface area contributed by atoms with Crippen LogP contribution in [0.5, 0.6) is 0 Å². The van der Waals surface area contributed by atoms with Crippen molar-refractivity contribution in [2.75, 3.05) is 26.2 Å². The maximum atomic E-state index is 2.89. The number of rotatable bonds is 6. The minimum absolute atomic E-state index is 0.791. The molecule has 0 unspecified atom stereocenters. The zero-order valence-corrected chi connectivity index (χ0v) is 15.5. The molecule has 2 saturated carbocycles. The van der Waals surface area contributed by atoms with Gasteiger partial charge in [0.15, 0.2) is 0 Å². The Morgan fingerprint density at radius 1 is 0.773 bits per heavy atom. The maximum absolute atomic E-state index is 2.89. The molecule has 0 aliphatic heterocycles. The highest BCUT2D eigenvalue weighted by Crippen LogP contribution is 2.32. The third-order valence-electron chi connectivity index (χ3n) is 5.76. The van der Waals surface area contributed by atoms with Gasteiger partial charge in [-0.05, 0) is 79.1 Å². The summed E-state index contributed by atoms with van der Waals surface area (Å²) in [5.41, 5.74) is 0. The first kappa shape index (κ1) is 17.6. The molecule has 0 spiro atoms. The normalized spacial score (nSPS) is 19.6. The van der Waals surface area contributed by atoms with E-state index in [2.05, 4.69) is 42.1 Å². The first-order chi connectivity index (χ1) is 10.8. The molecule has 22 heavy (non-hydrogen) atoms. The minimum Gasteiger partial charge on any atom is -0.265 e. The van der Waals surface area contributed by atoms with Crippen LogP contribution in [0.1, 0.15) is 79.1 Å². The Morgan fingerprint density at radius 3 is 1.50 bits per heavy atom. The lowest BCUT2D eigenvalue weighted by Crippen LogP contribution is -2.56. The van der Waals surface area contributed by atoms with Crippen LogP contribution in [0.4, 0.5) is 0 Å². The monoisotopic (exact) mass is 308 g/mol. The highest BCUT2D eigenvalue weighted by molar-refractivity contribution is 5.76. The van der Waals surface area contributed by atoms with Crippen molar-refractivity contribution in [3.8, 4) is 0 Å². The summed E-state index contributed by atoms with van der Waals surface area (Å²) in [6.07, 6.45) is 11.3. The molecule has 0 heterocycles. The predicted molar refractivity (Wildman–Crippen MR) is 95.6 cm³/mol. The second kappa shape index (κ2) is 8.79. The number of guanidine groups is 1. The summed E-state index contributed by atoms with van der Waals surface area (Å²) in [5, 5.41) is 0. The average Bonchev–Trinajstić information content (AvgIpc) is 3.23. The van der Waals surface area contributed by atoms with Crippen molar-refractivity contribution in [2.45, 2.75) is 91.1 Å². The molecule has 2 rings (SSSR count). The SMILES string of the molecule is CCN(CC)C(N(C1CCCC1)C1CCCC1)=[N+](CC)CC. The van der Waals surface area contributed by atoms with E-state index >= 15 is 0 Å². The fraction of sp³-hybridized carbons (Fsp3) is 0.947. The maximum Gasteiger partial charge on any atom is 0.350 e. The highest BCUT2D eigenvalue weighted by Gasteiger charge is 2.40. The topological polar surface area (TPSA) is 9.49 Å². The molecule has 3 heteroatoms. The van der Waals surface area contributed by atoms with Crippen LogP contribution >= 0.6 is 0 Å². The summed E-state index contributed by atoms with van der Waals surface area (Å²) in [4.78, 5) is 5.50. The van der Waals surface area contributed by atoms with Gasteiger partial charge >= 0.3 is 5.96 Å². The zero-order chi connectivity index (χ0) is 15.9. The van der Waals surface area contributed by atoms with E-state index in [1.807, 2.05) is 0 Å². The number of hydrogen-bond donors (Lipinski definition) is 0. The third kappa shape index (κ3) is 3.78. The Kier molecular flexibility index (Phi) is 7.04. The van der Waals surface area contributed by atoms with Crippen molar-refractivity contribution in [1.29, 1.82) is 0 Å². The van der Waals surface area contributed by atoms with Gasteiger partial charge in [-0.25, -0.2) is 0 Å². The van der Waals surface area contributed by atoms with Crippen molar-refractivity contribution in [3.05, 3.63) is 0 Å². The Morgan fingerprint density at radius 2 is 1.18 bits per heavy atom. The van der Waals surface area contributed by atoms with Crippen molar-refractivity contribution >= 4 is 5.96 Å². The van der Waals surface area contributed by atoms with Crippen LogP contribution in [0.3, 0.4) is 0 Å². The third-order valence-corrected chi connectivity index (χ3v) is 5.76. The lowest BCUT2D eigenvalue weighted by atomic mass is 10.1. The van der Waals surface area contributed by atoms with Crippen LogP contribution < -0.4 is 0 Å². The van der Waals surface area contributed by atoms with Gasteiger partial charge in [0.25, 0.3) is 0 Å². The summed E-state index contributed by atoms with van der Waals surface area (Å²) in [7, 11) is 0. The van der Waals surface area contributed by atoms with E-state index < -0.39 is 0 Å². The molecule has 0 aromatic carbocycles. The van der Waals surface area contributed by atoms with E-state index in [-0.39, 0.29) is 0 Å². The highest BCUT2D eigenvalue weighted by atomic mass is 15.4. The Labute approximate surface area is 138 Å². The smallest absolute Gasteiger partial charge is 0.265 e. The summed E-state index contributed by atoms with van der Waals surface area (Å²) in [6.45, 7) is 13.7. The van der Waals surface area contributed by atoms with E-state index in [9.17, 15) is 0 Å². The fourth-order valence-corrected chi connectivity index (χ4v) is 4.53. The van der Waals surface area contributed by atoms with Crippen molar-refractivity contribution in [1.82, 2.24) is 9.80 Å². The average molecular weight is 309 g/mol. The van der Waals surface area contributed by atoms with Gasteiger partial charge in [0.1, 0.15) is 0 Å². The molecule has 0 bridgehead atoms. The molecule has 0 atom stereocenters. The van der Waals surface area contributed by atoms with Crippen LogP contribution in [-0.4, -0.2) is 58.6 Å². The van der Waals surface area contributed by atoms with Gasteiger partial charge in [-0.2, -0.15) is 0 Å². The van der Waals surface area contributed by atoms with Gasteiger partial charge in [-0.3, -0.25) is 14.4 Å². The second-order valence-corrected chi connectivity index (χ2v) is 6.93. The van der Waals surface area contributed by atoms with Crippen molar-refractivity contribution in [2.24, 2.45) is 0 Å². The lowest BCUT2D eigenvalue weighted by molar-refractivity contribution is -0.531. The Balaban J connectivity index is 2.39. The lowest BCUT2D eigenvalue weighted by Gasteiger charge is -2.36. The number of hydrogen-bond acceptors (Lipinski definition) is 0. The zero-order valence-electron chi connectivity index (χ0n) is 15.5. The van der Waals surface area contributed by atoms with Gasteiger partial charge in [0.2, 0.25) is 0 Å². The van der Waals surface area contributed by atoms with Crippen LogP contribution in [-0.2, 0) is 0 Å². The van der Waals surface area contributed by atoms with Crippen molar-refractivity contribution in [3.63, 3.8) is 0 Å². The summed E-state index contributed by atoms with van der Waals surface area (Å²) < 4.78 is 2.61. The molecule has 0 radical (unpaired) electrons. The molecule has 2 fully saturated rings. The minimum atomic E-state index is 0.791. The molecular weight excluding hydrogens is 270 g/mol. The van der Waals surface area contributed by atoms with Gasteiger partial charge in [-0.1, -0.05) is 0 Å². The molecule has 0 aromatic heterocycles. The van der Waals surface area contributed by atoms with E-state index in [1.54, 1.807) is 5.96 Å². The van der Waals surface area contributed by atoms with Gasteiger partial charge in [0.05, 0.1) is 38.3 Å². The molecule has 128 valence electrons. The molecule has 0 saturated heterocycles. The second-order valence-electron chi connectivity index (χ2n) is 6.93. The summed E-state index contributed by atoms with van der Waals surface area (Å²) in [6, 6.07) is 1.58. The molecule has 2 aliphatic rings. The molecule has 2 aliphatic carbocycles.